The molecule has 1 saturated heterocycles. The molecule has 1 fully saturated rings. The monoisotopic (exact) mass is 476 g/mol. The van der Waals surface area contributed by atoms with Gasteiger partial charge < -0.3 is 25.0 Å². The van der Waals surface area contributed by atoms with Crippen LogP contribution in [0, 0.1) is 0 Å². The first-order chi connectivity index (χ1) is 12.3. The van der Waals surface area contributed by atoms with Gasteiger partial charge in [0.1, 0.15) is 11.5 Å². The van der Waals surface area contributed by atoms with Crippen molar-refractivity contribution in [1.82, 2.24) is 15.5 Å². The summed E-state index contributed by atoms with van der Waals surface area (Å²) in [5, 5.41) is 6.74. The van der Waals surface area contributed by atoms with Crippen LogP contribution in [0.25, 0.3) is 0 Å². The highest BCUT2D eigenvalue weighted by Gasteiger charge is 2.10. The van der Waals surface area contributed by atoms with Crippen molar-refractivity contribution < 1.29 is 9.47 Å². The number of benzene rings is 1. The first-order valence-electron chi connectivity index (χ1n) is 9.22. The summed E-state index contributed by atoms with van der Waals surface area (Å²) < 4.78 is 10.7. The average Bonchev–Trinajstić information content (AvgIpc) is 2.66. The van der Waals surface area contributed by atoms with Gasteiger partial charge in [-0.15, -0.1) is 24.0 Å². The smallest absolute Gasteiger partial charge is 0.191 e. The van der Waals surface area contributed by atoms with E-state index in [1.807, 2.05) is 18.2 Å². The lowest BCUT2D eigenvalue weighted by molar-refractivity contribution is 0.232. The topological polar surface area (TPSA) is 58.1 Å². The van der Waals surface area contributed by atoms with Crippen molar-refractivity contribution in [3.63, 3.8) is 0 Å². The normalized spacial score (nSPS) is 15.1. The molecular weight excluding hydrogens is 443 g/mol. The molecule has 0 aliphatic carbocycles. The number of aliphatic imine (C=N–C) groups is 1. The third kappa shape index (κ3) is 7.57. The molecule has 6 nitrogen and oxygen atoms in total. The molecule has 1 aliphatic heterocycles. The van der Waals surface area contributed by atoms with Crippen molar-refractivity contribution in [2.75, 3.05) is 46.9 Å². The summed E-state index contributed by atoms with van der Waals surface area (Å²) in [5.41, 5.74) is 1.04. The number of halogens is 1. The van der Waals surface area contributed by atoms with Gasteiger partial charge >= 0.3 is 0 Å². The molecule has 1 aromatic rings. The molecule has 2 N–H and O–H groups in total. The molecule has 0 spiro atoms. The fourth-order valence-electron chi connectivity index (χ4n) is 3.00. The molecule has 0 unspecified atom stereocenters. The molecule has 1 aliphatic rings. The Hall–Kier alpha value is -1.22. The fraction of sp³-hybridized carbons (Fsp3) is 0.632. The standard InChI is InChI=1S/C19H32N4O2.HI/c1-4-20-19(21-10-13-23-11-6-5-7-12-23)22-15-16-8-9-17(24-2)14-18(16)25-3;/h8-9,14H,4-7,10-13,15H2,1-3H3,(H2,20,21,22);1H. The summed E-state index contributed by atoms with van der Waals surface area (Å²) in [7, 11) is 3.33. The second kappa shape index (κ2) is 13.0. The lowest BCUT2D eigenvalue weighted by atomic mass is 10.1. The Balaban J connectivity index is 0.00000338. The molecule has 0 saturated carbocycles. The molecule has 1 aromatic carbocycles. The molecule has 0 radical (unpaired) electrons. The lowest BCUT2D eigenvalue weighted by Crippen LogP contribution is -2.42. The SMILES string of the molecule is CCNC(=NCc1ccc(OC)cc1OC)NCCN1CCCCC1.I. The average molecular weight is 476 g/mol. The Morgan fingerprint density at radius 1 is 1.12 bits per heavy atom. The van der Waals surface area contributed by atoms with Gasteiger partial charge in [-0.05, 0) is 45.0 Å². The van der Waals surface area contributed by atoms with Crippen LogP contribution in [-0.4, -0.2) is 57.8 Å². The minimum Gasteiger partial charge on any atom is -0.497 e. The molecule has 0 bridgehead atoms. The highest BCUT2D eigenvalue weighted by molar-refractivity contribution is 14.0. The minimum atomic E-state index is 0. The number of nitrogens with zero attached hydrogens (tertiary/aromatic N) is 2. The van der Waals surface area contributed by atoms with E-state index in [1.54, 1.807) is 14.2 Å². The molecule has 26 heavy (non-hydrogen) atoms. The third-order valence-electron chi connectivity index (χ3n) is 4.42. The van der Waals surface area contributed by atoms with Crippen molar-refractivity contribution in [3.8, 4) is 11.5 Å². The number of guanidine groups is 1. The number of rotatable bonds is 8. The Bertz CT molecular complexity index is 548. The number of piperidine rings is 1. The van der Waals surface area contributed by atoms with Crippen LogP contribution in [0.4, 0.5) is 0 Å². The molecule has 2 rings (SSSR count). The van der Waals surface area contributed by atoms with E-state index in [0.717, 1.165) is 42.7 Å². The number of likely N-dealkylation sites (tertiary alicyclic amines) is 1. The van der Waals surface area contributed by atoms with Gasteiger partial charge in [0, 0.05) is 31.3 Å². The first-order valence-corrected chi connectivity index (χ1v) is 9.22. The highest BCUT2D eigenvalue weighted by atomic mass is 127. The van der Waals surface area contributed by atoms with Crippen LogP contribution in [-0.2, 0) is 6.54 Å². The molecule has 148 valence electrons. The van der Waals surface area contributed by atoms with E-state index in [0.29, 0.717) is 6.54 Å². The van der Waals surface area contributed by atoms with Gasteiger partial charge in [-0.2, -0.15) is 0 Å². The summed E-state index contributed by atoms with van der Waals surface area (Å²) >= 11 is 0. The molecule has 0 amide bonds. The zero-order chi connectivity index (χ0) is 17.9. The van der Waals surface area contributed by atoms with E-state index in [-0.39, 0.29) is 24.0 Å². The summed E-state index contributed by atoms with van der Waals surface area (Å²) in [4.78, 5) is 7.21. The number of nitrogens with one attached hydrogen (secondary N) is 2. The van der Waals surface area contributed by atoms with E-state index >= 15 is 0 Å². The maximum Gasteiger partial charge on any atom is 0.191 e. The minimum absolute atomic E-state index is 0. The van der Waals surface area contributed by atoms with Crippen molar-refractivity contribution >= 4 is 29.9 Å². The van der Waals surface area contributed by atoms with Crippen LogP contribution >= 0.6 is 24.0 Å². The molecule has 7 heteroatoms. The summed E-state index contributed by atoms with van der Waals surface area (Å²) in [6.07, 6.45) is 4.02. The fourth-order valence-corrected chi connectivity index (χ4v) is 3.00. The van der Waals surface area contributed by atoms with Gasteiger partial charge in [0.15, 0.2) is 5.96 Å². The number of methoxy groups -OCH3 is 2. The molecule has 0 atom stereocenters. The molecular formula is C19H33IN4O2. The largest absolute Gasteiger partial charge is 0.497 e. The van der Waals surface area contributed by atoms with Crippen molar-refractivity contribution in [2.24, 2.45) is 4.99 Å². The van der Waals surface area contributed by atoms with Gasteiger partial charge in [0.2, 0.25) is 0 Å². The van der Waals surface area contributed by atoms with E-state index < -0.39 is 0 Å². The Labute approximate surface area is 174 Å². The second-order valence-electron chi connectivity index (χ2n) is 6.20. The van der Waals surface area contributed by atoms with E-state index in [4.69, 9.17) is 9.47 Å². The van der Waals surface area contributed by atoms with Crippen LogP contribution in [0.2, 0.25) is 0 Å². The number of hydrogen-bond acceptors (Lipinski definition) is 4. The predicted octanol–water partition coefficient (Wildman–Crippen LogP) is 2.86. The first kappa shape index (κ1) is 22.8. The summed E-state index contributed by atoms with van der Waals surface area (Å²) in [6, 6.07) is 5.82. The summed E-state index contributed by atoms with van der Waals surface area (Å²) in [5.74, 6) is 2.43. The zero-order valence-electron chi connectivity index (χ0n) is 16.2. The van der Waals surface area contributed by atoms with Crippen LogP contribution in [0.3, 0.4) is 0 Å². The maximum atomic E-state index is 5.44. The number of ether oxygens (including phenoxy) is 2. The van der Waals surface area contributed by atoms with Gasteiger partial charge in [-0.3, -0.25) is 0 Å². The number of hydrogen-bond donors (Lipinski definition) is 2. The van der Waals surface area contributed by atoms with Crippen LogP contribution in [0.5, 0.6) is 11.5 Å². The van der Waals surface area contributed by atoms with Gasteiger partial charge in [0.25, 0.3) is 0 Å². The molecule has 0 aromatic heterocycles. The van der Waals surface area contributed by atoms with Crippen LogP contribution < -0.4 is 20.1 Å². The van der Waals surface area contributed by atoms with E-state index in [2.05, 4.69) is 27.4 Å². The van der Waals surface area contributed by atoms with Gasteiger partial charge in [-0.25, -0.2) is 4.99 Å². The Morgan fingerprint density at radius 2 is 1.88 bits per heavy atom. The van der Waals surface area contributed by atoms with Crippen molar-refractivity contribution in [3.05, 3.63) is 23.8 Å². The van der Waals surface area contributed by atoms with Crippen molar-refractivity contribution in [1.29, 1.82) is 0 Å². The van der Waals surface area contributed by atoms with Crippen LogP contribution in [0.15, 0.2) is 23.2 Å². The third-order valence-corrected chi connectivity index (χ3v) is 4.42. The second-order valence-corrected chi connectivity index (χ2v) is 6.20. The van der Waals surface area contributed by atoms with Crippen LogP contribution in [0.1, 0.15) is 31.7 Å². The maximum absolute atomic E-state index is 5.44. The predicted molar refractivity (Wildman–Crippen MR) is 118 cm³/mol. The molecule has 1 heterocycles. The zero-order valence-corrected chi connectivity index (χ0v) is 18.5. The highest BCUT2D eigenvalue weighted by Crippen LogP contribution is 2.25. The van der Waals surface area contributed by atoms with Gasteiger partial charge in [0.05, 0.1) is 20.8 Å². The van der Waals surface area contributed by atoms with E-state index in [1.165, 1.54) is 32.4 Å². The van der Waals surface area contributed by atoms with E-state index in [9.17, 15) is 0 Å². The van der Waals surface area contributed by atoms with Gasteiger partial charge in [-0.1, -0.05) is 6.42 Å². The van der Waals surface area contributed by atoms with Crippen molar-refractivity contribution in [2.45, 2.75) is 32.7 Å². The summed E-state index contributed by atoms with van der Waals surface area (Å²) in [6.45, 7) is 7.90. The lowest BCUT2D eigenvalue weighted by Gasteiger charge is -2.26. The Kier molecular flexibility index (Phi) is 11.4. The quantitative estimate of drug-likeness (QED) is 0.344. The Morgan fingerprint density at radius 3 is 2.54 bits per heavy atom.